The fourth-order valence-corrected chi connectivity index (χ4v) is 4.37. The van der Waals surface area contributed by atoms with Crippen molar-refractivity contribution < 1.29 is 34.0 Å². The van der Waals surface area contributed by atoms with Crippen molar-refractivity contribution in [3.8, 4) is 17.4 Å². The molecule has 1 aromatic heterocycles. The molecule has 2 aliphatic heterocycles. The van der Waals surface area contributed by atoms with Gasteiger partial charge in [-0.25, -0.2) is 0 Å². The van der Waals surface area contributed by atoms with E-state index in [1.54, 1.807) is 12.1 Å². The maximum Gasteiger partial charge on any atom is 0.259 e. The standard InChI is InChI=1S/C22H19N3O3.C6H12O4/c23-14-18(22(24)26)13-20-5-6-21(28-20)17-2-1-16-12-19(4-3-15(16)11-17)25-7-9-27-10-8-25;7-3-5-1-4(8)2-6(9)10-5/h1-6,11-13H,7-10H2,(H2,24,26);4-9H,1-3H2/b18-13+;. The second kappa shape index (κ2) is 12.7. The minimum Gasteiger partial charge on any atom is -0.457 e. The van der Waals surface area contributed by atoms with Crippen molar-refractivity contribution in [2.75, 3.05) is 37.8 Å². The van der Waals surface area contributed by atoms with E-state index in [1.165, 1.54) is 11.8 Å². The third kappa shape index (κ3) is 6.98. The molecule has 0 radical (unpaired) electrons. The number of aliphatic hydroxyl groups is 3. The smallest absolute Gasteiger partial charge is 0.259 e. The average Bonchev–Trinajstić information content (AvgIpc) is 3.40. The Morgan fingerprint density at radius 1 is 1.08 bits per heavy atom. The number of nitrogens with two attached hydrogens (primary N) is 1. The van der Waals surface area contributed by atoms with Gasteiger partial charge in [0, 0.05) is 43.3 Å². The molecule has 38 heavy (non-hydrogen) atoms. The summed E-state index contributed by atoms with van der Waals surface area (Å²) in [4.78, 5) is 13.5. The van der Waals surface area contributed by atoms with Crippen LogP contribution in [0.1, 0.15) is 18.6 Å². The predicted molar refractivity (Wildman–Crippen MR) is 141 cm³/mol. The molecular formula is C28H31N3O7. The van der Waals surface area contributed by atoms with Gasteiger partial charge in [-0.1, -0.05) is 18.2 Å². The number of hydrogen-bond acceptors (Lipinski definition) is 9. The molecule has 200 valence electrons. The molecule has 0 bridgehead atoms. The summed E-state index contributed by atoms with van der Waals surface area (Å²) in [5.41, 5.74) is 7.13. The number of carbonyl (C=O) groups is 1. The van der Waals surface area contributed by atoms with E-state index in [9.17, 15) is 4.79 Å². The fourth-order valence-electron chi connectivity index (χ4n) is 4.37. The monoisotopic (exact) mass is 521 g/mol. The maximum absolute atomic E-state index is 11.2. The van der Waals surface area contributed by atoms with Gasteiger partial charge >= 0.3 is 0 Å². The SMILES string of the molecule is N#C/C(=C\c1ccc(-c2ccc3cc(N4CCOCC4)ccc3c2)o1)C(N)=O.OCC1CC(O)CC(O)O1. The summed E-state index contributed by atoms with van der Waals surface area (Å²) in [5, 5.41) is 37.7. The third-order valence-electron chi connectivity index (χ3n) is 6.35. The van der Waals surface area contributed by atoms with E-state index in [0.29, 0.717) is 17.9 Å². The molecule has 10 heteroatoms. The van der Waals surface area contributed by atoms with Gasteiger partial charge in [-0.3, -0.25) is 4.79 Å². The summed E-state index contributed by atoms with van der Waals surface area (Å²) < 4.78 is 16.0. The average molecular weight is 522 g/mol. The number of fused-ring (bicyclic) bond motifs is 1. The summed E-state index contributed by atoms with van der Waals surface area (Å²) in [6.45, 7) is 3.18. The molecule has 10 nitrogen and oxygen atoms in total. The van der Waals surface area contributed by atoms with Crippen LogP contribution in [-0.2, 0) is 14.3 Å². The van der Waals surface area contributed by atoms with Crippen LogP contribution in [0.2, 0.25) is 0 Å². The molecule has 3 atom stereocenters. The Morgan fingerprint density at radius 2 is 1.82 bits per heavy atom. The van der Waals surface area contributed by atoms with Gasteiger partial charge in [-0.05, 0) is 41.1 Å². The summed E-state index contributed by atoms with van der Waals surface area (Å²) in [6, 6.07) is 17.8. The van der Waals surface area contributed by atoms with Crippen LogP contribution in [0, 0.1) is 11.3 Å². The van der Waals surface area contributed by atoms with Crippen LogP contribution in [0.15, 0.2) is 58.5 Å². The van der Waals surface area contributed by atoms with E-state index in [2.05, 4.69) is 35.2 Å². The topological polar surface area (TPSA) is 162 Å². The molecule has 1 amide bonds. The van der Waals surface area contributed by atoms with Gasteiger partial charge < -0.3 is 39.8 Å². The van der Waals surface area contributed by atoms with Gasteiger partial charge in [0.05, 0.1) is 32.0 Å². The zero-order chi connectivity index (χ0) is 27.1. The normalized spacial score (nSPS) is 21.9. The number of hydrogen-bond donors (Lipinski definition) is 4. The van der Waals surface area contributed by atoms with Crippen molar-refractivity contribution in [2.24, 2.45) is 5.73 Å². The van der Waals surface area contributed by atoms with Crippen molar-refractivity contribution in [2.45, 2.75) is 31.3 Å². The summed E-state index contributed by atoms with van der Waals surface area (Å²) in [7, 11) is 0. The number of nitriles is 1. The van der Waals surface area contributed by atoms with Gasteiger partial charge in [0.1, 0.15) is 23.2 Å². The van der Waals surface area contributed by atoms with E-state index in [1.807, 2.05) is 12.1 Å². The minimum absolute atomic E-state index is 0.143. The van der Waals surface area contributed by atoms with E-state index in [-0.39, 0.29) is 18.6 Å². The fraction of sp³-hybridized carbons (Fsp3) is 0.357. The van der Waals surface area contributed by atoms with Crippen molar-refractivity contribution in [1.82, 2.24) is 0 Å². The number of primary amides is 1. The number of furan rings is 1. The zero-order valence-corrected chi connectivity index (χ0v) is 20.8. The number of morpholine rings is 1. The highest BCUT2D eigenvalue weighted by atomic mass is 16.6. The largest absolute Gasteiger partial charge is 0.457 e. The lowest BCUT2D eigenvalue weighted by atomic mass is 10.0. The van der Waals surface area contributed by atoms with Crippen molar-refractivity contribution in [3.63, 3.8) is 0 Å². The molecule has 0 spiro atoms. The lowest BCUT2D eigenvalue weighted by Crippen LogP contribution is -2.37. The molecular weight excluding hydrogens is 490 g/mol. The third-order valence-corrected chi connectivity index (χ3v) is 6.35. The Balaban J connectivity index is 0.000000283. The molecule has 5 rings (SSSR count). The first kappa shape index (κ1) is 27.3. The number of carbonyl (C=O) groups excluding carboxylic acids is 1. The van der Waals surface area contributed by atoms with Crippen LogP contribution in [0.3, 0.4) is 0 Å². The first-order valence-corrected chi connectivity index (χ1v) is 12.4. The van der Waals surface area contributed by atoms with Crippen LogP contribution in [0.4, 0.5) is 5.69 Å². The van der Waals surface area contributed by atoms with Crippen LogP contribution in [-0.4, -0.2) is 72.6 Å². The Bertz CT molecular complexity index is 1310. The predicted octanol–water partition coefficient (Wildman–Crippen LogP) is 2.17. The lowest BCUT2D eigenvalue weighted by Gasteiger charge is -2.29. The van der Waals surface area contributed by atoms with Crippen molar-refractivity contribution >= 4 is 28.4 Å². The van der Waals surface area contributed by atoms with Crippen molar-refractivity contribution in [1.29, 1.82) is 5.26 Å². The number of rotatable bonds is 5. The molecule has 2 aromatic carbocycles. The first-order chi connectivity index (χ1) is 18.4. The minimum atomic E-state index is -0.916. The number of aliphatic hydroxyl groups excluding tert-OH is 3. The zero-order valence-electron chi connectivity index (χ0n) is 20.8. The number of benzene rings is 2. The second-order valence-electron chi connectivity index (χ2n) is 9.10. The number of amides is 1. The molecule has 3 aromatic rings. The number of nitrogens with zero attached hydrogens (tertiary/aromatic N) is 2. The summed E-state index contributed by atoms with van der Waals surface area (Å²) in [5.74, 6) is 0.294. The van der Waals surface area contributed by atoms with Crippen LogP contribution >= 0.6 is 0 Å². The Hall–Kier alpha value is -3.72. The van der Waals surface area contributed by atoms with E-state index >= 15 is 0 Å². The van der Waals surface area contributed by atoms with Gasteiger partial charge in [-0.15, -0.1) is 0 Å². The lowest BCUT2D eigenvalue weighted by molar-refractivity contribution is -0.197. The van der Waals surface area contributed by atoms with E-state index in [0.717, 1.165) is 42.6 Å². The molecule has 0 aliphatic carbocycles. The van der Waals surface area contributed by atoms with Crippen LogP contribution in [0.25, 0.3) is 28.2 Å². The van der Waals surface area contributed by atoms with E-state index < -0.39 is 24.4 Å². The molecule has 2 fully saturated rings. The second-order valence-corrected chi connectivity index (χ2v) is 9.10. The van der Waals surface area contributed by atoms with Gasteiger partial charge in [-0.2, -0.15) is 5.26 Å². The molecule has 2 saturated heterocycles. The maximum atomic E-state index is 11.2. The molecule has 5 N–H and O–H groups in total. The Labute approximate surface area is 220 Å². The summed E-state index contributed by atoms with van der Waals surface area (Å²) >= 11 is 0. The van der Waals surface area contributed by atoms with Crippen LogP contribution < -0.4 is 10.6 Å². The Morgan fingerprint density at radius 3 is 2.50 bits per heavy atom. The molecule has 3 heterocycles. The van der Waals surface area contributed by atoms with Gasteiger partial charge in [0.2, 0.25) is 0 Å². The number of anilines is 1. The van der Waals surface area contributed by atoms with E-state index in [4.69, 9.17) is 40.2 Å². The highest BCUT2D eigenvalue weighted by Gasteiger charge is 2.26. The Kier molecular flexibility index (Phi) is 9.12. The molecule has 2 aliphatic rings. The van der Waals surface area contributed by atoms with Gasteiger partial charge in [0.15, 0.2) is 6.29 Å². The molecule has 0 saturated carbocycles. The quantitative estimate of drug-likeness (QED) is 0.291. The highest BCUT2D eigenvalue weighted by molar-refractivity contribution is 6.00. The number of ether oxygens (including phenoxy) is 2. The van der Waals surface area contributed by atoms with Gasteiger partial charge in [0.25, 0.3) is 5.91 Å². The molecule has 3 unspecified atom stereocenters. The summed E-state index contributed by atoms with van der Waals surface area (Å²) in [6.07, 6.45) is 0.145. The highest BCUT2D eigenvalue weighted by Crippen LogP contribution is 2.29. The van der Waals surface area contributed by atoms with Crippen molar-refractivity contribution in [3.05, 3.63) is 59.9 Å². The van der Waals surface area contributed by atoms with Crippen LogP contribution in [0.5, 0.6) is 0 Å². The first-order valence-electron chi connectivity index (χ1n) is 12.4.